The first-order chi connectivity index (χ1) is 9.28. The summed E-state index contributed by atoms with van der Waals surface area (Å²) < 4.78 is 38.7. The van der Waals surface area contributed by atoms with Crippen molar-refractivity contribution in [2.75, 3.05) is 20.1 Å². The van der Waals surface area contributed by atoms with Crippen molar-refractivity contribution in [3.8, 4) is 0 Å². The summed E-state index contributed by atoms with van der Waals surface area (Å²) in [5.41, 5.74) is 0. The number of amides is 1. The molecule has 1 aromatic rings. The molecule has 1 aromatic carbocycles. The summed E-state index contributed by atoms with van der Waals surface area (Å²) >= 11 is 5.58. The van der Waals surface area contributed by atoms with Gasteiger partial charge >= 0.3 is 0 Å². The SMILES string of the molecule is CCCNC(=O)CN(C)S(=O)(=O)c1ccc(Cl)cc1F. The Kier molecular flexibility index (Phi) is 5.91. The van der Waals surface area contributed by atoms with Crippen LogP contribution in [0.3, 0.4) is 0 Å². The van der Waals surface area contributed by atoms with Crippen LogP contribution in [0.2, 0.25) is 5.02 Å². The van der Waals surface area contributed by atoms with Gasteiger partial charge in [-0.1, -0.05) is 18.5 Å². The van der Waals surface area contributed by atoms with E-state index >= 15 is 0 Å². The number of nitrogens with one attached hydrogen (secondary N) is 1. The molecule has 5 nitrogen and oxygen atoms in total. The molecule has 0 aliphatic heterocycles. The van der Waals surface area contributed by atoms with E-state index in [-0.39, 0.29) is 11.6 Å². The van der Waals surface area contributed by atoms with Crippen LogP contribution in [0.25, 0.3) is 0 Å². The normalized spacial score (nSPS) is 11.7. The van der Waals surface area contributed by atoms with E-state index in [2.05, 4.69) is 5.32 Å². The van der Waals surface area contributed by atoms with Gasteiger partial charge in [0.1, 0.15) is 10.7 Å². The van der Waals surface area contributed by atoms with Crippen LogP contribution in [0.5, 0.6) is 0 Å². The third-order valence-corrected chi connectivity index (χ3v) is 4.59. The van der Waals surface area contributed by atoms with Crippen molar-refractivity contribution in [3.05, 3.63) is 29.0 Å². The second-order valence-electron chi connectivity index (χ2n) is 4.19. The molecule has 0 spiro atoms. The summed E-state index contributed by atoms with van der Waals surface area (Å²) in [6.45, 7) is 1.97. The van der Waals surface area contributed by atoms with E-state index in [4.69, 9.17) is 11.6 Å². The molecule has 0 heterocycles. The summed E-state index contributed by atoms with van der Waals surface area (Å²) in [6.07, 6.45) is 0.744. The largest absolute Gasteiger partial charge is 0.355 e. The van der Waals surface area contributed by atoms with Gasteiger partial charge in [0.2, 0.25) is 15.9 Å². The van der Waals surface area contributed by atoms with Gasteiger partial charge in [-0.3, -0.25) is 4.79 Å². The fraction of sp³-hybridized carbons (Fsp3) is 0.417. The number of carbonyl (C=O) groups excluding carboxylic acids is 1. The molecule has 0 aromatic heterocycles. The molecule has 0 unspecified atom stereocenters. The smallest absolute Gasteiger partial charge is 0.246 e. The van der Waals surface area contributed by atoms with Gasteiger partial charge in [-0.25, -0.2) is 12.8 Å². The third kappa shape index (κ3) is 4.16. The fourth-order valence-electron chi connectivity index (χ4n) is 1.46. The Hall–Kier alpha value is -1.18. The van der Waals surface area contributed by atoms with Gasteiger partial charge in [0.15, 0.2) is 0 Å². The van der Waals surface area contributed by atoms with E-state index in [1.807, 2.05) is 6.92 Å². The van der Waals surface area contributed by atoms with Gasteiger partial charge < -0.3 is 5.32 Å². The summed E-state index contributed by atoms with van der Waals surface area (Å²) in [5.74, 6) is -1.38. The monoisotopic (exact) mass is 322 g/mol. The minimum absolute atomic E-state index is 0.102. The molecular formula is C12H16ClFN2O3S. The lowest BCUT2D eigenvalue weighted by Crippen LogP contribution is -2.38. The Bertz CT molecular complexity index is 592. The van der Waals surface area contributed by atoms with E-state index in [1.54, 1.807) is 0 Å². The minimum Gasteiger partial charge on any atom is -0.355 e. The number of benzene rings is 1. The molecule has 0 saturated carbocycles. The number of rotatable bonds is 6. The Morgan fingerprint density at radius 1 is 1.45 bits per heavy atom. The quantitative estimate of drug-likeness (QED) is 0.865. The number of hydrogen-bond donors (Lipinski definition) is 1. The maximum atomic E-state index is 13.7. The second kappa shape index (κ2) is 7.01. The van der Waals surface area contributed by atoms with E-state index in [9.17, 15) is 17.6 Å². The van der Waals surface area contributed by atoms with Gasteiger partial charge in [0.25, 0.3) is 0 Å². The van der Waals surface area contributed by atoms with Crippen molar-refractivity contribution in [1.29, 1.82) is 0 Å². The number of carbonyl (C=O) groups is 1. The van der Waals surface area contributed by atoms with Crippen LogP contribution in [0, 0.1) is 5.82 Å². The Morgan fingerprint density at radius 2 is 2.10 bits per heavy atom. The Balaban J connectivity index is 2.90. The number of hydrogen-bond acceptors (Lipinski definition) is 3. The summed E-state index contributed by atoms with van der Waals surface area (Å²) in [7, 11) is -2.85. The van der Waals surface area contributed by atoms with Crippen LogP contribution in [0.15, 0.2) is 23.1 Å². The molecule has 8 heteroatoms. The first kappa shape index (κ1) is 16.9. The molecule has 20 heavy (non-hydrogen) atoms. The molecule has 1 amide bonds. The van der Waals surface area contributed by atoms with Gasteiger partial charge in [-0.05, 0) is 24.6 Å². The van der Waals surface area contributed by atoms with E-state index in [0.717, 1.165) is 22.9 Å². The first-order valence-corrected chi connectivity index (χ1v) is 7.79. The standard InChI is InChI=1S/C12H16ClFN2O3S/c1-3-6-15-12(17)8-16(2)20(18,19)11-5-4-9(13)7-10(11)14/h4-5,7H,3,6,8H2,1-2H3,(H,15,17). The zero-order valence-electron chi connectivity index (χ0n) is 11.2. The van der Waals surface area contributed by atoms with Gasteiger partial charge in [-0.2, -0.15) is 4.31 Å². The van der Waals surface area contributed by atoms with Crippen molar-refractivity contribution in [2.24, 2.45) is 0 Å². The minimum atomic E-state index is -4.07. The van der Waals surface area contributed by atoms with Gasteiger partial charge in [-0.15, -0.1) is 0 Å². The van der Waals surface area contributed by atoms with Crippen LogP contribution in [0.1, 0.15) is 13.3 Å². The zero-order chi connectivity index (χ0) is 15.3. The van der Waals surface area contributed by atoms with Crippen molar-refractivity contribution in [3.63, 3.8) is 0 Å². The molecule has 1 rings (SSSR count). The average Bonchev–Trinajstić information content (AvgIpc) is 2.35. The van der Waals surface area contributed by atoms with E-state index in [1.165, 1.54) is 13.1 Å². The molecule has 1 N–H and O–H groups in total. The first-order valence-electron chi connectivity index (χ1n) is 5.97. The highest BCUT2D eigenvalue weighted by Gasteiger charge is 2.26. The number of sulfonamides is 1. The van der Waals surface area contributed by atoms with Crippen molar-refractivity contribution >= 4 is 27.5 Å². The lowest BCUT2D eigenvalue weighted by atomic mass is 10.3. The predicted molar refractivity (Wildman–Crippen MR) is 74.5 cm³/mol. The molecule has 0 fully saturated rings. The van der Waals surface area contributed by atoms with Crippen LogP contribution in [-0.4, -0.2) is 38.8 Å². The third-order valence-electron chi connectivity index (χ3n) is 2.52. The lowest BCUT2D eigenvalue weighted by molar-refractivity contribution is -0.121. The van der Waals surface area contributed by atoms with Crippen molar-refractivity contribution < 1.29 is 17.6 Å². The maximum Gasteiger partial charge on any atom is 0.246 e. The van der Waals surface area contributed by atoms with Gasteiger partial charge in [0.05, 0.1) is 6.54 Å². The predicted octanol–water partition coefficient (Wildman–Crippen LogP) is 1.63. The van der Waals surface area contributed by atoms with Crippen LogP contribution in [-0.2, 0) is 14.8 Å². The van der Waals surface area contributed by atoms with Crippen LogP contribution < -0.4 is 5.32 Å². The molecule has 112 valence electrons. The highest BCUT2D eigenvalue weighted by Crippen LogP contribution is 2.21. The highest BCUT2D eigenvalue weighted by molar-refractivity contribution is 7.89. The molecule has 0 aliphatic carbocycles. The van der Waals surface area contributed by atoms with Crippen molar-refractivity contribution in [1.82, 2.24) is 9.62 Å². The second-order valence-corrected chi connectivity index (χ2v) is 6.64. The molecule has 0 bridgehead atoms. The maximum absolute atomic E-state index is 13.7. The fourth-order valence-corrected chi connectivity index (χ4v) is 2.79. The molecule has 0 radical (unpaired) electrons. The van der Waals surface area contributed by atoms with Crippen LogP contribution >= 0.6 is 11.6 Å². The molecule has 0 saturated heterocycles. The number of likely N-dealkylation sites (N-methyl/N-ethyl adjacent to an activating group) is 1. The van der Waals surface area contributed by atoms with Crippen LogP contribution in [0.4, 0.5) is 4.39 Å². The van der Waals surface area contributed by atoms with Crippen molar-refractivity contribution in [2.45, 2.75) is 18.2 Å². The van der Waals surface area contributed by atoms with Gasteiger partial charge in [0, 0.05) is 18.6 Å². The number of halogens is 2. The average molecular weight is 323 g/mol. The Morgan fingerprint density at radius 3 is 2.65 bits per heavy atom. The van der Waals surface area contributed by atoms with E-state index in [0.29, 0.717) is 6.54 Å². The molecule has 0 aliphatic rings. The zero-order valence-corrected chi connectivity index (χ0v) is 12.8. The topological polar surface area (TPSA) is 66.5 Å². The van der Waals surface area contributed by atoms with E-state index < -0.39 is 26.6 Å². The highest BCUT2D eigenvalue weighted by atomic mass is 35.5. The Labute approximate surface area is 122 Å². The number of nitrogens with zero attached hydrogens (tertiary/aromatic N) is 1. The lowest BCUT2D eigenvalue weighted by Gasteiger charge is -2.17. The molecular weight excluding hydrogens is 307 g/mol. The summed E-state index contributed by atoms with van der Waals surface area (Å²) in [6, 6.07) is 3.27. The molecule has 0 atom stereocenters. The summed E-state index contributed by atoms with van der Waals surface area (Å²) in [5, 5.41) is 2.65. The summed E-state index contributed by atoms with van der Waals surface area (Å²) in [4.78, 5) is 11.0.